The Bertz CT molecular complexity index is 326. The first-order valence-corrected chi connectivity index (χ1v) is 11.7. The maximum atomic E-state index is 11.6. The molecule has 3 nitrogen and oxygen atoms in total. The van der Waals surface area contributed by atoms with Gasteiger partial charge in [0.25, 0.3) is 0 Å². The quantitative estimate of drug-likeness (QED) is 0.118. The first-order valence-electron chi connectivity index (χ1n) is 11.7. The molecule has 0 atom stereocenters. The Balaban J connectivity index is 3.19. The summed E-state index contributed by atoms with van der Waals surface area (Å²) in [5.41, 5.74) is 0. The molecule has 0 N–H and O–H groups in total. The predicted octanol–water partition coefficient (Wildman–Crippen LogP) is 7.38. The van der Waals surface area contributed by atoms with Crippen molar-refractivity contribution in [2.24, 2.45) is 0 Å². The van der Waals surface area contributed by atoms with Gasteiger partial charge in [0.15, 0.2) is 0 Å². The number of unbranched alkanes of at least 4 members (excludes halogenated alkanes) is 12. The summed E-state index contributed by atoms with van der Waals surface area (Å²) in [6.45, 7) is 6.09. The summed E-state index contributed by atoms with van der Waals surface area (Å²) in [5.74, 6) is -0.0771. The van der Waals surface area contributed by atoms with Crippen LogP contribution in [0.4, 0.5) is 0 Å². The van der Waals surface area contributed by atoms with Gasteiger partial charge in [-0.25, -0.2) is 0 Å². The van der Waals surface area contributed by atoms with Crippen LogP contribution >= 0.6 is 0 Å². The van der Waals surface area contributed by atoms with Crippen molar-refractivity contribution < 1.29 is 14.3 Å². The molecule has 0 aromatic rings. The van der Waals surface area contributed by atoms with E-state index in [-0.39, 0.29) is 5.97 Å². The average molecular weight is 383 g/mol. The molecular weight excluding hydrogens is 336 g/mol. The molecule has 27 heavy (non-hydrogen) atoms. The minimum atomic E-state index is -0.0771. The monoisotopic (exact) mass is 382 g/mol. The standard InChI is InChI=1S/C24H46O3/c1-3-5-7-8-9-10-11-12-13-14-15-16-17-18-19-20-24(25)27-23-22-26-21-6-4-2/h12-13H,3-11,14-23H2,1-2H3/b13-12-. The summed E-state index contributed by atoms with van der Waals surface area (Å²) in [5, 5.41) is 0. The van der Waals surface area contributed by atoms with Crippen LogP contribution in [-0.4, -0.2) is 25.8 Å². The largest absolute Gasteiger partial charge is 0.463 e. The molecule has 0 aromatic heterocycles. The zero-order valence-electron chi connectivity index (χ0n) is 18.3. The summed E-state index contributed by atoms with van der Waals surface area (Å²) < 4.78 is 10.5. The SMILES string of the molecule is CCCCCCCC/C=C\CCCCCCCC(=O)OCCOCCCC. The number of ether oxygens (including phenoxy) is 2. The van der Waals surface area contributed by atoms with Gasteiger partial charge in [0.2, 0.25) is 0 Å². The lowest BCUT2D eigenvalue weighted by Gasteiger charge is -2.05. The van der Waals surface area contributed by atoms with Crippen LogP contribution in [0.5, 0.6) is 0 Å². The number of esters is 1. The van der Waals surface area contributed by atoms with Crippen LogP contribution in [0.15, 0.2) is 12.2 Å². The molecule has 0 aliphatic carbocycles. The normalized spacial score (nSPS) is 11.3. The highest BCUT2D eigenvalue weighted by Crippen LogP contribution is 2.10. The fourth-order valence-electron chi connectivity index (χ4n) is 2.98. The van der Waals surface area contributed by atoms with Crippen molar-refractivity contribution >= 4 is 5.97 Å². The second kappa shape index (κ2) is 23.2. The van der Waals surface area contributed by atoms with Crippen molar-refractivity contribution in [3.05, 3.63) is 12.2 Å². The Morgan fingerprint density at radius 2 is 1.19 bits per heavy atom. The summed E-state index contributed by atoms with van der Waals surface area (Å²) >= 11 is 0. The minimum Gasteiger partial charge on any atom is -0.463 e. The number of allylic oxidation sites excluding steroid dienone is 2. The van der Waals surface area contributed by atoms with E-state index < -0.39 is 0 Å². The Hall–Kier alpha value is -0.830. The smallest absolute Gasteiger partial charge is 0.305 e. The first kappa shape index (κ1) is 26.2. The van der Waals surface area contributed by atoms with Crippen LogP contribution in [0.25, 0.3) is 0 Å². The van der Waals surface area contributed by atoms with Crippen LogP contribution < -0.4 is 0 Å². The number of rotatable bonds is 21. The maximum Gasteiger partial charge on any atom is 0.305 e. The fraction of sp³-hybridized carbons (Fsp3) is 0.875. The molecule has 0 saturated carbocycles. The van der Waals surface area contributed by atoms with E-state index >= 15 is 0 Å². The molecule has 0 heterocycles. The minimum absolute atomic E-state index is 0.0771. The highest BCUT2D eigenvalue weighted by atomic mass is 16.6. The predicted molar refractivity (Wildman–Crippen MR) is 116 cm³/mol. The molecule has 160 valence electrons. The van der Waals surface area contributed by atoms with Crippen molar-refractivity contribution in [3.63, 3.8) is 0 Å². The molecule has 0 unspecified atom stereocenters. The lowest BCUT2D eigenvalue weighted by atomic mass is 10.1. The highest BCUT2D eigenvalue weighted by Gasteiger charge is 2.02. The average Bonchev–Trinajstić information content (AvgIpc) is 2.67. The summed E-state index contributed by atoms with van der Waals surface area (Å²) in [4.78, 5) is 11.6. The van der Waals surface area contributed by atoms with E-state index in [4.69, 9.17) is 9.47 Å². The Kier molecular flexibility index (Phi) is 22.5. The van der Waals surface area contributed by atoms with Gasteiger partial charge in [-0.15, -0.1) is 0 Å². The lowest BCUT2D eigenvalue weighted by molar-refractivity contribution is -0.145. The van der Waals surface area contributed by atoms with E-state index in [1.54, 1.807) is 0 Å². The van der Waals surface area contributed by atoms with Crippen LogP contribution in [0.2, 0.25) is 0 Å². The number of carbonyl (C=O) groups is 1. The van der Waals surface area contributed by atoms with E-state index in [9.17, 15) is 4.79 Å². The second-order valence-electron chi connectivity index (χ2n) is 7.52. The van der Waals surface area contributed by atoms with E-state index in [1.165, 1.54) is 70.6 Å². The van der Waals surface area contributed by atoms with Crippen molar-refractivity contribution in [1.82, 2.24) is 0 Å². The number of carbonyl (C=O) groups excluding carboxylic acids is 1. The van der Waals surface area contributed by atoms with Gasteiger partial charge < -0.3 is 9.47 Å². The Morgan fingerprint density at radius 3 is 1.81 bits per heavy atom. The van der Waals surface area contributed by atoms with Gasteiger partial charge in [-0.05, 0) is 38.5 Å². The zero-order valence-corrected chi connectivity index (χ0v) is 18.3. The van der Waals surface area contributed by atoms with Gasteiger partial charge >= 0.3 is 5.97 Å². The molecule has 0 spiro atoms. The van der Waals surface area contributed by atoms with Crippen LogP contribution in [0.3, 0.4) is 0 Å². The third kappa shape index (κ3) is 23.1. The molecule has 0 aliphatic heterocycles. The molecule has 0 fully saturated rings. The topological polar surface area (TPSA) is 35.5 Å². The molecule has 3 heteroatoms. The highest BCUT2D eigenvalue weighted by molar-refractivity contribution is 5.69. The third-order valence-electron chi connectivity index (χ3n) is 4.78. The van der Waals surface area contributed by atoms with Gasteiger partial charge in [-0.2, -0.15) is 0 Å². The molecule has 0 aromatic carbocycles. The van der Waals surface area contributed by atoms with E-state index in [0.717, 1.165) is 32.3 Å². The Morgan fingerprint density at radius 1 is 0.630 bits per heavy atom. The summed E-state index contributed by atoms with van der Waals surface area (Å²) in [6.07, 6.45) is 24.0. The van der Waals surface area contributed by atoms with Gasteiger partial charge in [0, 0.05) is 13.0 Å². The van der Waals surface area contributed by atoms with Crippen LogP contribution in [0.1, 0.15) is 117 Å². The second-order valence-corrected chi connectivity index (χ2v) is 7.52. The van der Waals surface area contributed by atoms with Crippen LogP contribution in [0, 0.1) is 0 Å². The molecule has 0 rings (SSSR count). The molecule has 0 bridgehead atoms. The first-order chi connectivity index (χ1) is 13.3. The number of hydrogen-bond acceptors (Lipinski definition) is 3. The third-order valence-corrected chi connectivity index (χ3v) is 4.78. The lowest BCUT2D eigenvalue weighted by Crippen LogP contribution is -2.10. The van der Waals surface area contributed by atoms with Crippen molar-refractivity contribution in [2.45, 2.75) is 117 Å². The van der Waals surface area contributed by atoms with E-state index in [1.807, 2.05) is 0 Å². The van der Waals surface area contributed by atoms with Gasteiger partial charge in [0.05, 0.1) is 6.61 Å². The van der Waals surface area contributed by atoms with Gasteiger partial charge in [-0.3, -0.25) is 4.79 Å². The van der Waals surface area contributed by atoms with Crippen molar-refractivity contribution in [2.75, 3.05) is 19.8 Å². The molecule has 0 saturated heterocycles. The zero-order chi connectivity index (χ0) is 19.8. The molecule has 0 aliphatic rings. The van der Waals surface area contributed by atoms with E-state index in [2.05, 4.69) is 26.0 Å². The molecule has 0 radical (unpaired) electrons. The van der Waals surface area contributed by atoms with Crippen LogP contribution in [-0.2, 0) is 14.3 Å². The fourth-order valence-corrected chi connectivity index (χ4v) is 2.98. The molecular formula is C24H46O3. The van der Waals surface area contributed by atoms with Crippen molar-refractivity contribution in [1.29, 1.82) is 0 Å². The van der Waals surface area contributed by atoms with Gasteiger partial charge in [-0.1, -0.05) is 83.8 Å². The summed E-state index contributed by atoms with van der Waals surface area (Å²) in [6, 6.07) is 0. The van der Waals surface area contributed by atoms with Crippen molar-refractivity contribution in [3.8, 4) is 0 Å². The number of hydrogen-bond donors (Lipinski definition) is 0. The molecule has 0 amide bonds. The van der Waals surface area contributed by atoms with Gasteiger partial charge in [0.1, 0.15) is 6.61 Å². The van der Waals surface area contributed by atoms with E-state index in [0.29, 0.717) is 19.6 Å². The Labute approximate surface area is 169 Å². The summed E-state index contributed by atoms with van der Waals surface area (Å²) in [7, 11) is 0. The maximum absolute atomic E-state index is 11.6.